The van der Waals surface area contributed by atoms with Crippen LogP contribution in [0.3, 0.4) is 0 Å². The molecule has 0 unspecified atom stereocenters. The van der Waals surface area contributed by atoms with Crippen molar-refractivity contribution >= 4 is 36.0 Å². The summed E-state index contributed by atoms with van der Waals surface area (Å²) in [5.74, 6) is 0. The number of hydrogen-bond donors (Lipinski definition) is 0. The van der Waals surface area contributed by atoms with E-state index in [0.29, 0.717) is 0 Å². The molecule has 0 spiro atoms. The van der Waals surface area contributed by atoms with E-state index < -0.39 is 12.9 Å². The van der Waals surface area contributed by atoms with E-state index in [1.54, 1.807) is 12.4 Å². The van der Waals surface area contributed by atoms with Gasteiger partial charge in [0.1, 0.15) is 0 Å². The quantitative estimate of drug-likeness (QED) is 0.334. The van der Waals surface area contributed by atoms with E-state index in [-0.39, 0.29) is 23.1 Å². The fourth-order valence-corrected chi connectivity index (χ4v) is 0.313. The molecule has 0 aromatic carbocycles. The van der Waals surface area contributed by atoms with E-state index in [4.69, 9.17) is 19.8 Å². The minimum absolute atomic E-state index is 0. The number of rotatable bonds is 0. The maximum atomic E-state index is 8.25. The maximum Gasteiger partial charge on any atom is 2.00 e. The Labute approximate surface area is 91.6 Å². The summed E-state index contributed by atoms with van der Waals surface area (Å²) in [5, 5.41) is 16.5. The van der Waals surface area contributed by atoms with E-state index in [1.165, 1.54) is 0 Å². The summed E-state index contributed by atoms with van der Waals surface area (Å²) >= 11 is 0. The summed E-state index contributed by atoms with van der Waals surface area (Å²) in [6.45, 7) is -1.00. The fraction of sp³-hybridized carbons (Fsp3) is 0. The van der Waals surface area contributed by atoms with Gasteiger partial charge in [0.15, 0.2) is 0 Å². The predicted octanol–water partition coefficient (Wildman–Crippen LogP) is -2.57. The SMILES string of the molecule is O=C[O-].O=C[O-].[Mg+2].c1ccncc1. The van der Waals surface area contributed by atoms with Crippen LogP contribution in [0.25, 0.3) is 0 Å². The molecule has 66 valence electrons. The number of aromatic nitrogens is 1. The molecule has 1 heterocycles. The van der Waals surface area contributed by atoms with Gasteiger partial charge in [-0.25, -0.2) is 0 Å². The van der Waals surface area contributed by atoms with Crippen LogP contribution in [0.5, 0.6) is 0 Å². The third kappa shape index (κ3) is 36.1. The largest absolute Gasteiger partial charge is 2.00 e. The molecule has 0 aliphatic carbocycles. The van der Waals surface area contributed by atoms with Crippen molar-refractivity contribution in [3.8, 4) is 0 Å². The normalized spacial score (nSPS) is 5.54. The second kappa shape index (κ2) is 22.4. The molecule has 1 aromatic heterocycles. The van der Waals surface area contributed by atoms with Crippen LogP contribution in [0.4, 0.5) is 0 Å². The Kier molecular flexibility index (Phi) is 30.7. The first-order valence-corrected chi connectivity index (χ1v) is 2.79. The third-order valence-corrected chi connectivity index (χ3v) is 0.566. The average molecular weight is 193 g/mol. The smallest absolute Gasteiger partial charge is 0.554 e. The second-order valence-corrected chi connectivity index (χ2v) is 1.22. The van der Waals surface area contributed by atoms with Crippen molar-refractivity contribution in [2.75, 3.05) is 0 Å². The number of pyridine rings is 1. The first-order chi connectivity index (χ1) is 5.83. The Morgan fingerprint density at radius 3 is 1.31 bits per heavy atom. The Balaban J connectivity index is -0.000000126. The van der Waals surface area contributed by atoms with E-state index in [0.717, 1.165) is 0 Å². The van der Waals surface area contributed by atoms with Gasteiger partial charge in [0.25, 0.3) is 0 Å². The molecule has 1 aromatic rings. The molecule has 0 aliphatic heterocycles. The van der Waals surface area contributed by atoms with Crippen LogP contribution in [0.15, 0.2) is 30.6 Å². The monoisotopic (exact) mass is 193 g/mol. The molecule has 5 nitrogen and oxygen atoms in total. The molecule has 0 atom stereocenters. The molecule has 0 aliphatic rings. The topological polar surface area (TPSA) is 93.1 Å². The van der Waals surface area contributed by atoms with E-state index in [9.17, 15) is 0 Å². The summed E-state index contributed by atoms with van der Waals surface area (Å²) in [6, 6.07) is 5.72. The minimum atomic E-state index is -0.500. The van der Waals surface area contributed by atoms with Crippen molar-refractivity contribution in [2.45, 2.75) is 0 Å². The van der Waals surface area contributed by atoms with E-state index in [2.05, 4.69) is 4.98 Å². The van der Waals surface area contributed by atoms with Gasteiger partial charge in [0, 0.05) is 25.3 Å². The Hall–Kier alpha value is -1.14. The first-order valence-electron chi connectivity index (χ1n) is 2.79. The van der Waals surface area contributed by atoms with Crippen LogP contribution in [0, 0.1) is 0 Å². The summed E-state index contributed by atoms with van der Waals surface area (Å²) in [6.07, 6.45) is 3.50. The Bertz CT molecular complexity index is 150. The minimum Gasteiger partial charge on any atom is -0.554 e. The van der Waals surface area contributed by atoms with Crippen molar-refractivity contribution < 1.29 is 19.8 Å². The molecule has 0 saturated heterocycles. The summed E-state index contributed by atoms with van der Waals surface area (Å²) in [7, 11) is 0. The van der Waals surface area contributed by atoms with Crippen LogP contribution in [-0.2, 0) is 9.59 Å². The molecular weight excluding hydrogens is 186 g/mol. The number of carbonyl (C=O) groups excluding carboxylic acids is 2. The molecule has 0 N–H and O–H groups in total. The van der Waals surface area contributed by atoms with Gasteiger partial charge in [-0.2, -0.15) is 0 Å². The van der Waals surface area contributed by atoms with Gasteiger partial charge < -0.3 is 19.8 Å². The number of carboxylic acid groups (broad SMARTS) is 2. The molecular formula is C7H7MgNO4. The Morgan fingerprint density at radius 2 is 1.23 bits per heavy atom. The molecule has 0 saturated carbocycles. The van der Waals surface area contributed by atoms with Crippen molar-refractivity contribution in [2.24, 2.45) is 0 Å². The number of hydrogen-bond acceptors (Lipinski definition) is 5. The van der Waals surface area contributed by atoms with Gasteiger partial charge in [-0.1, -0.05) is 6.07 Å². The van der Waals surface area contributed by atoms with Crippen LogP contribution >= 0.6 is 0 Å². The van der Waals surface area contributed by atoms with Crippen molar-refractivity contribution in [3.63, 3.8) is 0 Å². The molecule has 6 heteroatoms. The van der Waals surface area contributed by atoms with Gasteiger partial charge in [0.05, 0.1) is 0 Å². The van der Waals surface area contributed by atoms with Gasteiger partial charge in [-0.05, 0) is 12.1 Å². The standard InChI is InChI=1S/C5H5N.2CH2O2.Mg/c1-2-4-6-5-3-1;2*2-1-3;/h1-5H;2*1H,(H,2,3);/q;;;+2/p-2. The molecule has 0 radical (unpaired) electrons. The van der Waals surface area contributed by atoms with Gasteiger partial charge >= 0.3 is 23.1 Å². The second-order valence-electron chi connectivity index (χ2n) is 1.22. The molecule has 0 bridgehead atoms. The fourth-order valence-electron chi connectivity index (χ4n) is 0.313. The predicted molar refractivity (Wildman–Crippen MR) is 42.1 cm³/mol. The van der Waals surface area contributed by atoms with Crippen LogP contribution in [0.2, 0.25) is 0 Å². The summed E-state index contributed by atoms with van der Waals surface area (Å²) in [5.41, 5.74) is 0. The van der Waals surface area contributed by atoms with Gasteiger partial charge in [-0.15, -0.1) is 0 Å². The molecule has 13 heavy (non-hydrogen) atoms. The number of carbonyl (C=O) groups is 2. The van der Waals surface area contributed by atoms with Crippen LogP contribution < -0.4 is 10.2 Å². The van der Waals surface area contributed by atoms with Crippen molar-refractivity contribution in [3.05, 3.63) is 30.6 Å². The zero-order valence-corrected chi connectivity index (χ0v) is 8.24. The van der Waals surface area contributed by atoms with E-state index in [1.807, 2.05) is 18.2 Å². The molecule has 0 fully saturated rings. The molecule has 0 amide bonds. The van der Waals surface area contributed by atoms with Crippen LogP contribution in [-0.4, -0.2) is 41.0 Å². The number of nitrogens with zero attached hydrogens (tertiary/aromatic N) is 1. The summed E-state index contributed by atoms with van der Waals surface area (Å²) in [4.78, 5) is 20.3. The Morgan fingerprint density at radius 1 is 0.923 bits per heavy atom. The molecule has 1 rings (SSSR count). The first kappa shape index (κ1) is 17.8. The van der Waals surface area contributed by atoms with Crippen molar-refractivity contribution in [1.29, 1.82) is 0 Å². The van der Waals surface area contributed by atoms with Gasteiger partial charge in [-0.3, -0.25) is 4.98 Å². The van der Waals surface area contributed by atoms with Gasteiger partial charge in [0.2, 0.25) is 0 Å². The van der Waals surface area contributed by atoms with E-state index >= 15 is 0 Å². The van der Waals surface area contributed by atoms with Crippen LogP contribution in [0.1, 0.15) is 0 Å². The summed E-state index contributed by atoms with van der Waals surface area (Å²) < 4.78 is 0. The maximum absolute atomic E-state index is 8.25. The zero-order valence-electron chi connectivity index (χ0n) is 6.83. The average Bonchev–Trinajstić information content (AvgIpc) is 2.10. The zero-order chi connectivity index (χ0) is 9.66. The third-order valence-electron chi connectivity index (χ3n) is 0.566. The van der Waals surface area contributed by atoms with Crippen molar-refractivity contribution in [1.82, 2.24) is 4.98 Å².